The average Bonchev–Trinajstić information content (AvgIpc) is 3.07. The van der Waals surface area contributed by atoms with E-state index < -0.39 is 11.6 Å². The SMILES string of the molecule is CC1Cc2c([nH]c3ccccc23)C(C23CCC2C(/C=C/C(=O)O)C3)N1CC1(F)CCC1. The maximum atomic E-state index is 15.4. The van der Waals surface area contributed by atoms with Crippen molar-refractivity contribution >= 4 is 16.9 Å². The van der Waals surface area contributed by atoms with Gasteiger partial charge in [-0.15, -0.1) is 0 Å². The van der Waals surface area contributed by atoms with Crippen LogP contribution in [0.15, 0.2) is 36.4 Å². The van der Waals surface area contributed by atoms with Gasteiger partial charge in [0, 0.05) is 35.3 Å². The molecule has 6 rings (SSSR count). The van der Waals surface area contributed by atoms with Gasteiger partial charge in [0.05, 0.1) is 6.04 Å². The molecule has 0 radical (unpaired) electrons. The van der Waals surface area contributed by atoms with Gasteiger partial charge in [-0.25, -0.2) is 9.18 Å². The summed E-state index contributed by atoms with van der Waals surface area (Å²) >= 11 is 0. The Morgan fingerprint density at radius 1 is 1.32 bits per heavy atom. The number of hydrogen-bond acceptors (Lipinski definition) is 2. The molecule has 5 heteroatoms. The van der Waals surface area contributed by atoms with Crippen molar-refractivity contribution in [3.05, 3.63) is 47.7 Å². The molecule has 3 saturated carbocycles. The second-order valence-corrected chi connectivity index (χ2v) is 10.6. The number of benzene rings is 1. The van der Waals surface area contributed by atoms with Crippen LogP contribution in [0.3, 0.4) is 0 Å². The zero-order chi connectivity index (χ0) is 21.4. The number of rotatable bonds is 5. The summed E-state index contributed by atoms with van der Waals surface area (Å²) < 4.78 is 15.4. The number of para-hydroxylation sites is 1. The summed E-state index contributed by atoms with van der Waals surface area (Å²) in [6.45, 7) is 2.79. The van der Waals surface area contributed by atoms with Crippen LogP contribution >= 0.6 is 0 Å². The lowest BCUT2D eigenvalue weighted by Gasteiger charge is -2.69. The predicted molar refractivity (Wildman–Crippen MR) is 119 cm³/mol. The quantitative estimate of drug-likeness (QED) is 0.634. The molecule has 5 atom stereocenters. The molecular formula is C26H31FN2O2. The summed E-state index contributed by atoms with van der Waals surface area (Å²) in [5.41, 5.74) is 2.98. The fourth-order valence-corrected chi connectivity index (χ4v) is 7.27. The molecule has 2 N–H and O–H groups in total. The molecule has 3 fully saturated rings. The molecule has 2 heterocycles. The summed E-state index contributed by atoms with van der Waals surface area (Å²) in [6.07, 6.45) is 9.82. The van der Waals surface area contributed by atoms with Gasteiger partial charge in [-0.2, -0.15) is 0 Å². The highest BCUT2D eigenvalue weighted by Crippen LogP contribution is 2.72. The largest absolute Gasteiger partial charge is 0.478 e. The molecule has 1 aromatic heterocycles. The minimum Gasteiger partial charge on any atom is -0.478 e. The van der Waals surface area contributed by atoms with E-state index in [2.05, 4.69) is 41.1 Å². The fraction of sp³-hybridized carbons (Fsp3) is 0.577. The molecule has 31 heavy (non-hydrogen) atoms. The van der Waals surface area contributed by atoms with Gasteiger partial charge in [0.1, 0.15) is 5.67 Å². The van der Waals surface area contributed by atoms with Gasteiger partial charge < -0.3 is 10.1 Å². The topological polar surface area (TPSA) is 56.3 Å². The number of nitrogens with one attached hydrogen (secondary N) is 1. The molecule has 1 aromatic carbocycles. The standard InChI is InChI=1S/C26H31FN2O2/c1-16-13-19-18-5-2-3-6-21(18)28-23(19)24(29(16)15-25(27)10-4-11-25)26-12-9-20(26)17(14-26)7-8-22(30)31/h2-3,5-8,16-17,20,24,28H,4,9-15H2,1H3,(H,30,31)/b8-7+. The Morgan fingerprint density at radius 3 is 2.77 bits per heavy atom. The van der Waals surface area contributed by atoms with Crippen LogP contribution in [0.5, 0.6) is 0 Å². The highest BCUT2D eigenvalue weighted by atomic mass is 19.1. The lowest BCUT2D eigenvalue weighted by Crippen LogP contribution is -2.65. The second-order valence-electron chi connectivity index (χ2n) is 10.6. The predicted octanol–water partition coefficient (Wildman–Crippen LogP) is 5.40. The first-order chi connectivity index (χ1) is 14.9. The van der Waals surface area contributed by atoms with E-state index in [4.69, 9.17) is 5.11 Å². The molecule has 4 aliphatic rings. The van der Waals surface area contributed by atoms with Crippen molar-refractivity contribution in [2.75, 3.05) is 6.54 Å². The molecule has 0 spiro atoms. The van der Waals surface area contributed by atoms with Crippen LogP contribution in [-0.4, -0.2) is 39.2 Å². The Labute approximate surface area is 182 Å². The summed E-state index contributed by atoms with van der Waals surface area (Å²) in [5.74, 6) is -0.0380. The van der Waals surface area contributed by atoms with E-state index in [0.29, 0.717) is 37.3 Å². The molecule has 2 aromatic rings. The van der Waals surface area contributed by atoms with Crippen LogP contribution in [-0.2, 0) is 11.2 Å². The number of nitrogens with zero attached hydrogens (tertiary/aromatic N) is 1. The number of hydrogen-bond donors (Lipinski definition) is 2. The number of aromatic nitrogens is 1. The number of aliphatic carboxylic acids is 1. The van der Waals surface area contributed by atoms with Crippen molar-refractivity contribution in [2.45, 2.75) is 69.6 Å². The molecule has 0 saturated heterocycles. The van der Waals surface area contributed by atoms with Crippen molar-refractivity contribution in [3.63, 3.8) is 0 Å². The van der Waals surface area contributed by atoms with Gasteiger partial charge in [-0.05, 0) is 80.8 Å². The molecular weight excluding hydrogens is 391 g/mol. The smallest absolute Gasteiger partial charge is 0.327 e. The van der Waals surface area contributed by atoms with Crippen molar-refractivity contribution in [2.24, 2.45) is 17.3 Å². The van der Waals surface area contributed by atoms with Crippen LogP contribution in [0.2, 0.25) is 0 Å². The number of aromatic amines is 1. The Bertz CT molecular complexity index is 1070. The number of carboxylic acids is 1. The van der Waals surface area contributed by atoms with Gasteiger partial charge in [0.2, 0.25) is 0 Å². The Hall–Kier alpha value is -2.14. The molecule has 0 bridgehead atoms. The summed E-state index contributed by atoms with van der Waals surface area (Å²) in [5, 5.41) is 10.4. The fourth-order valence-electron chi connectivity index (χ4n) is 7.27. The Balaban J connectivity index is 1.41. The van der Waals surface area contributed by atoms with Gasteiger partial charge in [0.25, 0.3) is 0 Å². The van der Waals surface area contributed by atoms with E-state index in [-0.39, 0.29) is 11.5 Å². The summed E-state index contributed by atoms with van der Waals surface area (Å²) in [4.78, 5) is 17.3. The third-order valence-corrected chi connectivity index (χ3v) is 9.06. The molecule has 4 nitrogen and oxygen atoms in total. The van der Waals surface area contributed by atoms with Gasteiger partial charge >= 0.3 is 5.97 Å². The van der Waals surface area contributed by atoms with Crippen LogP contribution in [0.4, 0.5) is 4.39 Å². The Kier molecular flexibility index (Phi) is 4.21. The Morgan fingerprint density at radius 2 is 2.13 bits per heavy atom. The molecule has 5 unspecified atom stereocenters. The molecule has 3 aliphatic carbocycles. The molecule has 164 valence electrons. The first kappa shape index (κ1) is 19.5. The monoisotopic (exact) mass is 422 g/mol. The number of halogens is 1. The number of carboxylic acid groups (broad SMARTS) is 1. The molecule has 1 aliphatic heterocycles. The number of carbonyl (C=O) groups is 1. The van der Waals surface area contributed by atoms with E-state index in [9.17, 15) is 4.79 Å². The number of allylic oxidation sites excluding steroid dienone is 1. The van der Waals surface area contributed by atoms with Gasteiger partial charge in [-0.3, -0.25) is 4.90 Å². The minimum absolute atomic E-state index is 0.137. The highest BCUT2D eigenvalue weighted by molar-refractivity contribution is 5.85. The summed E-state index contributed by atoms with van der Waals surface area (Å²) in [6, 6.07) is 9.04. The zero-order valence-electron chi connectivity index (χ0n) is 18.1. The highest BCUT2D eigenvalue weighted by Gasteiger charge is 2.65. The summed E-state index contributed by atoms with van der Waals surface area (Å²) in [7, 11) is 0. The van der Waals surface area contributed by atoms with Crippen LogP contribution in [0.1, 0.15) is 62.7 Å². The van der Waals surface area contributed by atoms with E-state index in [1.54, 1.807) is 0 Å². The van der Waals surface area contributed by atoms with Crippen LogP contribution in [0, 0.1) is 17.3 Å². The first-order valence-electron chi connectivity index (χ1n) is 11.9. The van der Waals surface area contributed by atoms with Gasteiger partial charge in [-0.1, -0.05) is 24.3 Å². The first-order valence-corrected chi connectivity index (χ1v) is 11.9. The van der Waals surface area contributed by atoms with E-state index in [0.717, 1.165) is 32.1 Å². The van der Waals surface area contributed by atoms with Crippen molar-refractivity contribution < 1.29 is 14.3 Å². The third-order valence-electron chi connectivity index (χ3n) is 9.06. The van der Waals surface area contributed by atoms with Crippen molar-refractivity contribution in [1.29, 1.82) is 0 Å². The second kappa shape index (κ2) is 6.68. The van der Waals surface area contributed by atoms with Crippen LogP contribution < -0.4 is 0 Å². The van der Waals surface area contributed by atoms with E-state index in [1.165, 1.54) is 28.2 Å². The van der Waals surface area contributed by atoms with Gasteiger partial charge in [0.15, 0.2) is 0 Å². The number of fused-ring (bicyclic) bond motifs is 4. The van der Waals surface area contributed by atoms with E-state index >= 15 is 4.39 Å². The van der Waals surface area contributed by atoms with Crippen molar-refractivity contribution in [1.82, 2.24) is 9.88 Å². The normalized spacial score (nSPS) is 36.3. The zero-order valence-corrected chi connectivity index (χ0v) is 18.1. The van der Waals surface area contributed by atoms with E-state index in [1.807, 2.05) is 6.08 Å². The van der Waals surface area contributed by atoms with Crippen LogP contribution in [0.25, 0.3) is 10.9 Å². The maximum absolute atomic E-state index is 15.4. The lowest BCUT2D eigenvalue weighted by molar-refractivity contribution is -0.187. The minimum atomic E-state index is -1.04. The average molecular weight is 423 g/mol. The van der Waals surface area contributed by atoms with Crippen molar-refractivity contribution in [3.8, 4) is 0 Å². The number of H-pyrrole nitrogens is 1. The number of alkyl halides is 1. The maximum Gasteiger partial charge on any atom is 0.327 e. The third kappa shape index (κ3) is 2.78. The lowest BCUT2D eigenvalue weighted by atomic mass is 9.39. The molecule has 0 amide bonds.